The van der Waals surface area contributed by atoms with E-state index in [0.29, 0.717) is 74.9 Å². The molecule has 2 heterocycles. The van der Waals surface area contributed by atoms with Crippen molar-refractivity contribution in [2.24, 2.45) is 11.6 Å². The van der Waals surface area contributed by atoms with Gasteiger partial charge in [-0.05, 0) is 96.1 Å². The van der Waals surface area contributed by atoms with Crippen molar-refractivity contribution < 1.29 is 32.1 Å². The summed E-state index contributed by atoms with van der Waals surface area (Å²) in [6.45, 7) is 7.83. The van der Waals surface area contributed by atoms with Crippen LogP contribution in [-0.2, 0) is 32.4 Å². The minimum Gasteiger partial charge on any atom is -0.494 e. The molecule has 14 heteroatoms. The Bertz CT molecular complexity index is 2340. The number of ether oxygens (including phenoxy) is 2. The third-order valence-corrected chi connectivity index (χ3v) is 10.8. The van der Waals surface area contributed by atoms with E-state index in [0.717, 1.165) is 18.7 Å². The first-order valence-corrected chi connectivity index (χ1v) is 20.2. The molecule has 58 heavy (non-hydrogen) atoms. The normalized spacial score (nSPS) is 12.2. The number of nitrogens with zero attached hydrogens (tertiary/aromatic N) is 2. The highest BCUT2D eigenvalue weighted by atomic mass is 32.1. The Labute approximate surface area is 339 Å². The number of hydrogen-bond donors (Lipinski definition) is 5. The van der Waals surface area contributed by atoms with E-state index in [1.165, 1.54) is 49.4 Å². The number of nitrogens with one attached hydrogen (secondary N) is 2. The third kappa shape index (κ3) is 10.9. The highest BCUT2D eigenvalue weighted by Gasteiger charge is 2.34. The number of benzene rings is 4. The van der Waals surface area contributed by atoms with E-state index < -0.39 is 17.6 Å². The van der Waals surface area contributed by atoms with E-state index in [1.807, 2.05) is 0 Å². The molecule has 0 aliphatic rings. The summed E-state index contributed by atoms with van der Waals surface area (Å²) in [6.07, 6.45) is -1.85. The number of aryl methyl sites for hydroxylation is 2. The summed E-state index contributed by atoms with van der Waals surface area (Å²) in [6, 6.07) is 23.6. The number of alkyl halides is 3. The number of hydrazine groups is 1. The zero-order valence-electron chi connectivity index (χ0n) is 32.7. The number of fused-ring (bicyclic) bond motifs is 3. The SMILES string of the molecule is CCn1c2ccc(CNCC/C(N)=C/N(N)CCCOc3ccc(OCc4ccc(F)c(C(F)(F)F)c4)c(CNCCO)c3)cc2c2ccc(-c3cc(C)cs3)cc21. The fraction of sp³-hybridized carbons (Fsp3) is 0.318. The van der Waals surface area contributed by atoms with Gasteiger partial charge in [0.15, 0.2) is 0 Å². The van der Waals surface area contributed by atoms with Gasteiger partial charge < -0.3 is 40.5 Å². The maximum absolute atomic E-state index is 13.7. The second-order valence-electron chi connectivity index (χ2n) is 14.2. The van der Waals surface area contributed by atoms with Gasteiger partial charge >= 0.3 is 6.18 Å². The van der Waals surface area contributed by atoms with Crippen LogP contribution < -0.4 is 31.7 Å². The Hall–Kier alpha value is -5.12. The van der Waals surface area contributed by atoms with Gasteiger partial charge in [0.05, 0.1) is 18.8 Å². The number of rotatable bonds is 20. The number of nitrogens with two attached hydrogens (primary N) is 2. The van der Waals surface area contributed by atoms with Gasteiger partial charge in [0, 0.05) is 96.3 Å². The highest BCUT2D eigenvalue weighted by molar-refractivity contribution is 7.13. The molecule has 0 amide bonds. The lowest BCUT2D eigenvalue weighted by atomic mass is 10.1. The molecule has 0 unspecified atom stereocenters. The Kier molecular flexibility index (Phi) is 14.3. The van der Waals surface area contributed by atoms with Gasteiger partial charge in [-0.25, -0.2) is 10.2 Å². The summed E-state index contributed by atoms with van der Waals surface area (Å²) in [7, 11) is 0. The van der Waals surface area contributed by atoms with Crippen LogP contribution in [0.1, 0.15) is 47.6 Å². The molecule has 0 radical (unpaired) electrons. The van der Waals surface area contributed by atoms with Gasteiger partial charge in [0.25, 0.3) is 0 Å². The van der Waals surface area contributed by atoms with E-state index >= 15 is 0 Å². The molecule has 0 saturated carbocycles. The van der Waals surface area contributed by atoms with Gasteiger partial charge in [0.2, 0.25) is 0 Å². The molecule has 7 N–H and O–H groups in total. The number of thiophene rings is 1. The molecule has 0 bridgehead atoms. The van der Waals surface area contributed by atoms with E-state index in [9.17, 15) is 22.7 Å². The zero-order valence-corrected chi connectivity index (χ0v) is 33.5. The number of halogens is 4. The lowest BCUT2D eigenvalue weighted by molar-refractivity contribution is -0.140. The topological polar surface area (TPSA) is 123 Å². The van der Waals surface area contributed by atoms with Crippen LogP contribution in [0.15, 0.2) is 96.1 Å². The van der Waals surface area contributed by atoms with E-state index in [1.54, 1.807) is 40.7 Å². The monoisotopic (exact) mass is 818 g/mol. The minimum atomic E-state index is -4.81. The molecule has 6 aromatic rings. The maximum Gasteiger partial charge on any atom is 0.419 e. The molecule has 9 nitrogen and oxygen atoms in total. The Balaban J connectivity index is 0.956. The predicted molar refractivity (Wildman–Crippen MR) is 224 cm³/mol. The average molecular weight is 819 g/mol. The summed E-state index contributed by atoms with van der Waals surface area (Å²) < 4.78 is 67.4. The molecule has 0 spiro atoms. The molecular weight excluding hydrogens is 769 g/mol. The molecule has 2 aromatic heterocycles. The van der Waals surface area contributed by atoms with Crippen LogP contribution >= 0.6 is 11.3 Å². The van der Waals surface area contributed by atoms with Crippen molar-refractivity contribution in [1.29, 1.82) is 0 Å². The largest absolute Gasteiger partial charge is 0.494 e. The van der Waals surface area contributed by atoms with Gasteiger partial charge in [-0.15, -0.1) is 11.3 Å². The Morgan fingerprint density at radius 3 is 2.48 bits per heavy atom. The van der Waals surface area contributed by atoms with E-state index in [-0.39, 0.29) is 18.8 Å². The summed E-state index contributed by atoms with van der Waals surface area (Å²) in [4.78, 5) is 1.28. The highest BCUT2D eigenvalue weighted by Crippen LogP contribution is 2.36. The van der Waals surface area contributed by atoms with Crippen molar-refractivity contribution in [3.05, 3.63) is 130 Å². The third-order valence-electron chi connectivity index (χ3n) is 9.71. The Morgan fingerprint density at radius 2 is 1.72 bits per heavy atom. The molecule has 4 aromatic carbocycles. The quantitative estimate of drug-likeness (QED) is 0.0225. The van der Waals surface area contributed by atoms with Gasteiger partial charge in [-0.3, -0.25) is 0 Å². The molecule has 308 valence electrons. The van der Waals surface area contributed by atoms with Crippen molar-refractivity contribution in [3.8, 4) is 21.9 Å². The van der Waals surface area contributed by atoms with Crippen LogP contribution in [0.25, 0.3) is 32.2 Å². The van der Waals surface area contributed by atoms with Crippen LogP contribution in [0.2, 0.25) is 0 Å². The molecule has 6 rings (SSSR count). The zero-order chi connectivity index (χ0) is 41.2. The Morgan fingerprint density at radius 1 is 0.914 bits per heavy atom. The van der Waals surface area contributed by atoms with Crippen molar-refractivity contribution in [2.75, 3.05) is 32.8 Å². The average Bonchev–Trinajstić information content (AvgIpc) is 3.78. The van der Waals surface area contributed by atoms with Crippen molar-refractivity contribution >= 4 is 33.1 Å². The number of aliphatic hydroxyl groups excluding tert-OH is 1. The molecule has 0 atom stereocenters. The second kappa shape index (κ2) is 19.6. The molecule has 0 fully saturated rings. The number of aromatic nitrogens is 1. The first kappa shape index (κ1) is 42.5. The fourth-order valence-electron chi connectivity index (χ4n) is 6.85. The fourth-order valence-corrected chi connectivity index (χ4v) is 7.74. The molecule has 0 aliphatic heterocycles. The van der Waals surface area contributed by atoms with E-state index in [4.69, 9.17) is 21.1 Å². The lowest BCUT2D eigenvalue weighted by Gasteiger charge is -2.17. The van der Waals surface area contributed by atoms with Gasteiger partial charge in [-0.1, -0.05) is 24.3 Å². The van der Waals surface area contributed by atoms with Crippen LogP contribution in [0.4, 0.5) is 17.6 Å². The van der Waals surface area contributed by atoms with Crippen LogP contribution in [0, 0.1) is 12.7 Å². The van der Waals surface area contributed by atoms with Crippen molar-refractivity contribution in [2.45, 2.75) is 59.1 Å². The summed E-state index contributed by atoms with van der Waals surface area (Å²) >= 11 is 1.78. The van der Waals surface area contributed by atoms with Gasteiger partial charge in [0.1, 0.15) is 23.9 Å². The molecule has 0 saturated heterocycles. The summed E-state index contributed by atoms with van der Waals surface area (Å²) in [5.41, 5.74) is 12.7. The van der Waals surface area contributed by atoms with Crippen molar-refractivity contribution in [3.63, 3.8) is 0 Å². The lowest BCUT2D eigenvalue weighted by Crippen LogP contribution is -2.29. The van der Waals surface area contributed by atoms with Crippen LogP contribution in [-0.4, -0.2) is 47.5 Å². The summed E-state index contributed by atoms with van der Waals surface area (Å²) in [5.74, 6) is 5.85. The molecular formula is C44H50F4N6O3S. The minimum absolute atomic E-state index is 0.0753. The van der Waals surface area contributed by atoms with Gasteiger partial charge in [-0.2, -0.15) is 13.2 Å². The predicted octanol–water partition coefficient (Wildman–Crippen LogP) is 8.59. The van der Waals surface area contributed by atoms with Crippen LogP contribution in [0.3, 0.4) is 0 Å². The number of aliphatic hydroxyl groups is 1. The van der Waals surface area contributed by atoms with E-state index in [2.05, 4.69) is 76.9 Å². The first-order chi connectivity index (χ1) is 27.9. The summed E-state index contributed by atoms with van der Waals surface area (Å²) in [5, 5.41) is 22.0. The standard InChI is InChI=1S/C44H50F4N6O3S/c1-3-54-40-11-6-30(20-37(40)36-9-7-32(23-41(36)54)43-19-29(2)28-58-43)24-51-14-13-34(49)26-53(50)16-4-18-56-35-8-12-42(33(22-35)25-52-15-17-55)57-27-31-5-10-39(45)38(21-31)44(46,47)48/h5-12,19-23,26,28,51-52,55H,3-4,13-18,24-25,27,49-50H2,1-2H3/b34-26-. The second-order valence-corrected chi connectivity index (χ2v) is 15.1. The van der Waals surface area contributed by atoms with Crippen molar-refractivity contribution in [1.82, 2.24) is 20.2 Å². The molecule has 0 aliphatic carbocycles. The maximum atomic E-state index is 13.7. The van der Waals surface area contributed by atoms with Crippen LogP contribution in [0.5, 0.6) is 11.5 Å². The number of hydrogen-bond acceptors (Lipinski definition) is 9. The first-order valence-electron chi connectivity index (χ1n) is 19.3. The smallest absolute Gasteiger partial charge is 0.419 e.